The van der Waals surface area contributed by atoms with E-state index in [9.17, 15) is 0 Å². The minimum atomic E-state index is -0.116. The van der Waals surface area contributed by atoms with Gasteiger partial charge in [0.15, 0.2) is 5.82 Å². The molecule has 0 bridgehead atoms. The van der Waals surface area contributed by atoms with E-state index in [2.05, 4.69) is 24.0 Å². The van der Waals surface area contributed by atoms with Gasteiger partial charge in [-0.1, -0.05) is 25.4 Å². The van der Waals surface area contributed by atoms with Crippen LogP contribution in [0.15, 0.2) is 4.52 Å². The molecule has 0 aromatic carbocycles. The SMILES string of the molecule is CCC(CC)(CN)c1nc(C2CCC2)no1. The Morgan fingerprint density at radius 1 is 1.38 bits per heavy atom. The van der Waals surface area contributed by atoms with Crippen LogP contribution < -0.4 is 5.73 Å². The van der Waals surface area contributed by atoms with Crippen LogP contribution >= 0.6 is 0 Å². The van der Waals surface area contributed by atoms with Gasteiger partial charge in [-0.25, -0.2) is 0 Å². The third-order valence-corrected chi connectivity index (χ3v) is 4.11. The number of nitrogens with zero attached hydrogens (tertiary/aromatic N) is 2. The van der Waals surface area contributed by atoms with Crippen LogP contribution in [-0.2, 0) is 5.41 Å². The van der Waals surface area contributed by atoms with Gasteiger partial charge >= 0.3 is 0 Å². The van der Waals surface area contributed by atoms with Gasteiger partial charge in [0.1, 0.15) is 0 Å². The van der Waals surface area contributed by atoms with E-state index < -0.39 is 0 Å². The van der Waals surface area contributed by atoms with Crippen molar-refractivity contribution in [3.05, 3.63) is 11.7 Å². The van der Waals surface area contributed by atoms with Crippen LogP contribution in [0, 0.1) is 0 Å². The van der Waals surface area contributed by atoms with Gasteiger partial charge in [-0.2, -0.15) is 4.98 Å². The van der Waals surface area contributed by atoms with Gasteiger partial charge in [-0.3, -0.25) is 0 Å². The number of hydrogen-bond donors (Lipinski definition) is 1. The molecular weight excluding hydrogens is 202 g/mol. The zero-order chi connectivity index (χ0) is 11.6. The first-order valence-corrected chi connectivity index (χ1v) is 6.30. The number of hydrogen-bond acceptors (Lipinski definition) is 4. The lowest BCUT2D eigenvalue weighted by molar-refractivity contribution is 0.264. The fourth-order valence-corrected chi connectivity index (χ4v) is 2.21. The van der Waals surface area contributed by atoms with Crippen molar-refractivity contribution in [2.24, 2.45) is 5.73 Å². The molecule has 4 nitrogen and oxygen atoms in total. The summed E-state index contributed by atoms with van der Waals surface area (Å²) in [5, 5.41) is 4.11. The standard InChI is InChI=1S/C12H21N3O/c1-3-12(4-2,8-13)11-14-10(15-16-11)9-6-5-7-9/h9H,3-8,13H2,1-2H3. The van der Waals surface area contributed by atoms with Crippen LogP contribution in [0.1, 0.15) is 63.6 Å². The predicted octanol–water partition coefficient (Wildman–Crippen LogP) is 2.35. The molecule has 4 heteroatoms. The first kappa shape index (κ1) is 11.6. The molecule has 1 saturated carbocycles. The minimum Gasteiger partial charge on any atom is -0.339 e. The summed E-state index contributed by atoms with van der Waals surface area (Å²) in [5.74, 6) is 2.16. The molecule has 2 N–H and O–H groups in total. The quantitative estimate of drug-likeness (QED) is 0.832. The zero-order valence-corrected chi connectivity index (χ0v) is 10.2. The smallest absolute Gasteiger partial charge is 0.234 e. The Hall–Kier alpha value is -0.900. The van der Waals surface area contributed by atoms with Gasteiger partial charge in [0.05, 0.1) is 5.41 Å². The highest BCUT2D eigenvalue weighted by molar-refractivity contribution is 5.08. The van der Waals surface area contributed by atoms with Crippen LogP contribution in [0.25, 0.3) is 0 Å². The summed E-state index contributed by atoms with van der Waals surface area (Å²) in [5.41, 5.74) is 5.75. The van der Waals surface area contributed by atoms with Crippen LogP contribution in [0.5, 0.6) is 0 Å². The Kier molecular flexibility index (Phi) is 3.28. The fourth-order valence-electron chi connectivity index (χ4n) is 2.21. The van der Waals surface area contributed by atoms with E-state index >= 15 is 0 Å². The van der Waals surface area contributed by atoms with E-state index in [0.29, 0.717) is 12.5 Å². The van der Waals surface area contributed by atoms with Crippen LogP contribution in [0.2, 0.25) is 0 Å². The van der Waals surface area contributed by atoms with E-state index in [1.54, 1.807) is 0 Å². The highest BCUT2D eigenvalue weighted by Crippen LogP contribution is 2.36. The third kappa shape index (κ3) is 1.75. The second-order valence-electron chi connectivity index (χ2n) is 4.78. The predicted molar refractivity (Wildman–Crippen MR) is 62.2 cm³/mol. The van der Waals surface area contributed by atoms with E-state index in [1.165, 1.54) is 19.3 Å². The molecule has 1 aromatic rings. The molecule has 0 atom stereocenters. The number of aromatic nitrogens is 2. The van der Waals surface area contributed by atoms with Crippen molar-refractivity contribution >= 4 is 0 Å². The maximum absolute atomic E-state index is 5.86. The highest BCUT2D eigenvalue weighted by Gasteiger charge is 2.35. The molecule has 1 fully saturated rings. The Morgan fingerprint density at radius 3 is 2.50 bits per heavy atom. The van der Waals surface area contributed by atoms with Gasteiger partial charge in [-0.05, 0) is 25.7 Å². The molecule has 1 aliphatic carbocycles. The molecule has 90 valence electrons. The zero-order valence-electron chi connectivity index (χ0n) is 10.2. The van der Waals surface area contributed by atoms with Crippen molar-refractivity contribution in [3.8, 4) is 0 Å². The average Bonchev–Trinajstić information content (AvgIpc) is 2.69. The van der Waals surface area contributed by atoms with Crippen LogP contribution in [-0.4, -0.2) is 16.7 Å². The van der Waals surface area contributed by atoms with Gasteiger partial charge in [0.25, 0.3) is 0 Å². The first-order chi connectivity index (χ1) is 7.75. The Labute approximate surface area is 96.6 Å². The molecular formula is C12H21N3O. The molecule has 0 saturated heterocycles. The van der Waals surface area contributed by atoms with E-state index in [1.807, 2.05) is 0 Å². The largest absolute Gasteiger partial charge is 0.339 e. The molecule has 1 aromatic heterocycles. The topological polar surface area (TPSA) is 64.9 Å². The summed E-state index contributed by atoms with van der Waals surface area (Å²) in [7, 11) is 0. The number of nitrogens with two attached hydrogens (primary N) is 1. The average molecular weight is 223 g/mol. The van der Waals surface area contributed by atoms with Gasteiger partial charge < -0.3 is 10.3 Å². The number of rotatable bonds is 5. The lowest BCUT2D eigenvalue weighted by Crippen LogP contribution is -2.34. The van der Waals surface area contributed by atoms with E-state index in [0.717, 1.165) is 24.6 Å². The van der Waals surface area contributed by atoms with Crippen LogP contribution in [0.4, 0.5) is 0 Å². The summed E-state index contributed by atoms with van der Waals surface area (Å²) in [4.78, 5) is 4.56. The summed E-state index contributed by atoms with van der Waals surface area (Å²) < 4.78 is 5.42. The second kappa shape index (κ2) is 4.53. The van der Waals surface area contributed by atoms with Gasteiger partial charge in [0.2, 0.25) is 5.89 Å². The van der Waals surface area contributed by atoms with Crippen molar-refractivity contribution in [1.29, 1.82) is 0 Å². The molecule has 1 heterocycles. The molecule has 1 aliphatic rings. The maximum Gasteiger partial charge on any atom is 0.234 e. The Morgan fingerprint density at radius 2 is 2.06 bits per heavy atom. The second-order valence-corrected chi connectivity index (χ2v) is 4.78. The monoisotopic (exact) mass is 223 g/mol. The summed E-state index contributed by atoms with van der Waals surface area (Å²) in [6.07, 6.45) is 5.59. The Balaban J connectivity index is 2.21. The minimum absolute atomic E-state index is 0.116. The maximum atomic E-state index is 5.86. The highest BCUT2D eigenvalue weighted by atomic mass is 16.5. The summed E-state index contributed by atoms with van der Waals surface area (Å²) >= 11 is 0. The summed E-state index contributed by atoms with van der Waals surface area (Å²) in [6.45, 7) is 4.83. The molecule has 0 aliphatic heterocycles. The lowest BCUT2D eigenvalue weighted by atomic mass is 9.82. The van der Waals surface area contributed by atoms with Crippen LogP contribution in [0.3, 0.4) is 0 Å². The molecule has 16 heavy (non-hydrogen) atoms. The van der Waals surface area contributed by atoms with E-state index in [-0.39, 0.29) is 5.41 Å². The van der Waals surface area contributed by atoms with Crippen molar-refractivity contribution in [3.63, 3.8) is 0 Å². The molecule has 0 radical (unpaired) electrons. The molecule has 0 amide bonds. The molecule has 0 spiro atoms. The first-order valence-electron chi connectivity index (χ1n) is 6.30. The fraction of sp³-hybridized carbons (Fsp3) is 0.833. The van der Waals surface area contributed by atoms with E-state index in [4.69, 9.17) is 10.3 Å². The molecule has 2 rings (SSSR count). The van der Waals surface area contributed by atoms with Gasteiger partial charge in [-0.15, -0.1) is 0 Å². The lowest BCUT2D eigenvalue weighted by Gasteiger charge is -2.25. The third-order valence-electron chi connectivity index (χ3n) is 4.11. The summed E-state index contributed by atoms with van der Waals surface area (Å²) in [6, 6.07) is 0. The van der Waals surface area contributed by atoms with Crippen molar-refractivity contribution in [2.45, 2.75) is 57.3 Å². The van der Waals surface area contributed by atoms with Crippen molar-refractivity contribution in [2.75, 3.05) is 6.54 Å². The van der Waals surface area contributed by atoms with Crippen molar-refractivity contribution in [1.82, 2.24) is 10.1 Å². The molecule has 0 unspecified atom stereocenters. The Bertz CT molecular complexity index is 332. The van der Waals surface area contributed by atoms with Gasteiger partial charge in [0, 0.05) is 12.5 Å². The normalized spacial score (nSPS) is 17.4. The van der Waals surface area contributed by atoms with Crippen molar-refractivity contribution < 1.29 is 4.52 Å².